The average molecular weight is 1110 g/mol. The number of carbonyl (C=O) groups is 3. The van der Waals surface area contributed by atoms with Crippen LogP contribution >= 0.6 is 12.4 Å². The summed E-state index contributed by atoms with van der Waals surface area (Å²) >= 11 is 0. The van der Waals surface area contributed by atoms with Crippen LogP contribution < -0.4 is 34.9 Å². The molecule has 0 saturated heterocycles. The van der Waals surface area contributed by atoms with Gasteiger partial charge >= 0.3 is 47.8 Å². The molecule has 3 aliphatic heterocycles. The molecule has 0 spiro atoms. The Labute approximate surface area is 496 Å². The van der Waals surface area contributed by atoms with Crippen LogP contribution in [-0.2, 0) is 47.7 Å². The second kappa shape index (κ2) is 29.0. The van der Waals surface area contributed by atoms with Crippen LogP contribution in [0.15, 0.2) is 128 Å². The first-order valence-corrected chi connectivity index (χ1v) is 26.4. The van der Waals surface area contributed by atoms with Gasteiger partial charge in [0.05, 0.1) is 39.5 Å². The van der Waals surface area contributed by atoms with E-state index in [1.54, 1.807) is 61.1 Å². The van der Waals surface area contributed by atoms with Gasteiger partial charge in [-0.2, -0.15) is 0 Å². The van der Waals surface area contributed by atoms with E-state index in [9.17, 15) is 14.4 Å². The number of ether oxygens (including phenoxy) is 6. The van der Waals surface area contributed by atoms with E-state index in [-0.39, 0.29) is 73.9 Å². The molecule has 0 bridgehead atoms. The Morgan fingerprint density at radius 1 is 0.494 bits per heavy atom. The number of amides is 3. The van der Waals surface area contributed by atoms with Gasteiger partial charge in [0.15, 0.2) is 0 Å². The molecule has 0 aliphatic carbocycles. The minimum Gasteiger partial charge on any atom is -1.00 e. The number of likely N-dealkylation sites (N-methyl/N-ethyl adjacent to an activating group) is 2. The zero-order valence-corrected chi connectivity index (χ0v) is 50.9. The van der Waals surface area contributed by atoms with Crippen LogP contribution in [0.5, 0.6) is 0 Å². The van der Waals surface area contributed by atoms with E-state index < -0.39 is 22.9 Å². The maximum absolute atomic E-state index is 12.3. The predicted molar refractivity (Wildman–Crippen MR) is 307 cm³/mol. The summed E-state index contributed by atoms with van der Waals surface area (Å²) in [6.45, 7) is 20.0. The van der Waals surface area contributed by atoms with E-state index in [4.69, 9.17) is 28.4 Å². The molecule has 3 aromatic carbocycles. The Bertz CT molecular complexity index is 2790. The summed E-state index contributed by atoms with van der Waals surface area (Å²) in [7, 11) is 3.50. The molecule has 79 heavy (non-hydrogen) atoms. The van der Waals surface area contributed by atoms with Gasteiger partial charge in [-0.25, -0.2) is 14.4 Å². The van der Waals surface area contributed by atoms with Crippen molar-refractivity contribution in [2.45, 2.75) is 117 Å². The smallest absolute Gasteiger partial charge is 1.00 e. The number of hydrogen-bond donors (Lipinski definition) is 1. The number of nitrogens with zero attached hydrogens (tertiary/aromatic N) is 5. The maximum atomic E-state index is 12.3. The molecule has 1 N–H and O–H groups in total. The first kappa shape index (κ1) is 63.9. The van der Waals surface area contributed by atoms with Crippen LogP contribution in [0.4, 0.5) is 14.4 Å². The third-order valence-electron chi connectivity index (χ3n) is 12.7. The molecule has 0 unspecified atom stereocenters. The Kier molecular flexibility index (Phi) is 23.5. The van der Waals surface area contributed by atoms with Crippen molar-refractivity contribution in [3.05, 3.63) is 162 Å². The molecular weight excluding hydrogens is 1030 g/mol. The SMILES string of the molecule is CC(C)(C)OC(=O)NC[C@@H]1OCCc2ccc(-c3ccncc3)cc21.CN(C[C@@H]1OCCc2ccc(-c3ccncc3)cc21)C(=O)OC(C)(C)C.CN(C[C@@H]1OCCc2ccc(-c3ccncc3)cc21)C(=O)OC(C)(C)C.Cl.[H-].[Na+]. The molecule has 0 saturated carbocycles. The predicted octanol–water partition coefficient (Wildman–Crippen LogP) is 9.88. The molecule has 3 amide bonds. The van der Waals surface area contributed by atoms with Crippen LogP contribution in [0, 0.1) is 0 Å². The topological polar surface area (TPSA) is 164 Å². The normalized spacial score (nSPS) is 16.3. The molecule has 418 valence electrons. The minimum atomic E-state index is -0.510. The van der Waals surface area contributed by atoms with Crippen molar-refractivity contribution in [1.82, 2.24) is 30.1 Å². The molecule has 6 heterocycles. The van der Waals surface area contributed by atoms with E-state index in [0.717, 1.165) is 69.3 Å². The van der Waals surface area contributed by atoms with Gasteiger partial charge in [-0.3, -0.25) is 15.0 Å². The Morgan fingerprint density at radius 3 is 1.11 bits per heavy atom. The molecule has 3 atom stereocenters. The Hall–Kier alpha value is -5.91. The van der Waals surface area contributed by atoms with E-state index in [1.165, 1.54) is 16.7 Å². The number of fused-ring (bicyclic) bond motifs is 3. The van der Waals surface area contributed by atoms with Gasteiger partial charge in [0.2, 0.25) is 0 Å². The number of aromatic nitrogens is 3. The average Bonchev–Trinajstić information content (AvgIpc) is 3.41. The van der Waals surface area contributed by atoms with Crippen molar-refractivity contribution in [1.29, 1.82) is 0 Å². The summed E-state index contributed by atoms with van der Waals surface area (Å²) in [4.78, 5) is 51.9. The molecule has 9 rings (SSSR count). The molecular formula is C62H78ClN6NaO9. The summed E-state index contributed by atoms with van der Waals surface area (Å²) in [5.41, 5.74) is 12.4. The zero-order valence-electron chi connectivity index (χ0n) is 49.0. The van der Waals surface area contributed by atoms with Crippen molar-refractivity contribution in [2.75, 3.05) is 53.6 Å². The van der Waals surface area contributed by atoms with Crippen LogP contribution in [0.1, 0.15) is 115 Å². The van der Waals surface area contributed by atoms with Gasteiger partial charge in [-0.05, 0) is 203 Å². The van der Waals surface area contributed by atoms with Gasteiger partial charge in [0, 0.05) is 51.3 Å². The second-order valence-electron chi connectivity index (χ2n) is 22.4. The fourth-order valence-corrected chi connectivity index (χ4v) is 9.03. The fourth-order valence-electron chi connectivity index (χ4n) is 9.03. The molecule has 3 aliphatic rings. The van der Waals surface area contributed by atoms with Crippen LogP contribution in [0.25, 0.3) is 33.4 Å². The van der Waals surface area contributed by atoms with Crippen LogP contribution in [-0.4, -0.2) is 113 Å². The Morgan fingerprint density at radius 2 is 0.797 bits per heavy atom. The number of carbonyl (C=O) groups excluding carboxylic acids is 3. The third-order valence-corrected chi connectivity index (χ3v) is 12.7. The monoisotopic (exact) mass is 1110 g/mol. The molecule has 6 aromatic rings. The molecule has 0 fully saturated rings. The van der Waals surface area contributed by atoms with Crippen molar-refractivity contribution in [2.24, 2.45) is 0 Å². The Balaban J connectivity index is 0.000000254. The number of halogens is 1. The van der Waals surface area contributed by atoms with E-state index in [1.807, 2.05) is 98.7 Å². The number of rotatable bonds is 9. The van der Waals surface area contributed by atoms with Crippen LogP contribution in [0.2, 0.25) is 0 Å². The van der Waals surface area contributed by atoms with Crippen molar-refractivity contribution in [3.8, 4) is 33.4 Å². The van der Waals surface area contributed by atoms with Gasteiger partial charge in [-0.1, -0.05) is 36.4 Å². The number of nitrogens with one attached hydrogen (secondary N) is 1. The largest absolute Gasteiger partial charge is 1.00 e. The zero-order chi connectivity index (χ0) is 55.3. The van der Waals surface area contributed by atoms with E-state index in [0.29, 0.717) is 39.5 Å². The number of hydrogen-bond acceptors (Lipinski definition) is 12. The summed E-state index contributed by atoms with van der Waals surface area (Å²) in [5.74, 6) is 0. The standard InChI is InChI=1S/2C21H26N2O3.C20H24N2O3.ClH.Na.H/c2*1-21(2,3)26-20(24)23(4)14-19-18-13-17(15-7-10-22-11-8-15)6-5-16(18)9-12-25-19;1-20(2,3)25-19(23)22-13-18-17-12-16(14-6-9-21-10-7-14)5-4-15(17)8-11-24-18;;;/h2*5-8,10-11,13,19H,9,12,14H2,1-4H3;4-7,9-10,12,18H,8,11,13H2,1-3H3,(H,22,23);1H;;/q;;;;+1;-1/t2*19-;18-;;;/m000.../s1. The van der Waals surface area contributed by atoms with Gasteiger partial charge in [-0.15, -0.1) is 12.4 Å². The van der Waals surface area contributed by atoms with Gasteiger partial charge in [0.25, 0.3) is 0 Å². The number of alkyl carbamates (subject to hydrolysis) is 1. The quantitative estimate of drug-likeness (QED) is 0.108. The van der Waals surface area contributed by atoms with Crippen molar-refractivity contribution in [3.63, 3.8) is 0 Å². The molecule has 17 heteroatoms. The maximum Gasteiger partial charge on any atom is 1.00 e. The third kappa shape index (κ3) is 19.4. The van der Waals surface area contributed by atoms with E-state index in [2.05, 4.69) is 74.9 Å². The summed E-state index contributed by atoms with van der Waals surface area (Å²) in [5, 5.41) is 2.81. The second-order valence-corrected chi connectivity index (χ2v) is 22.4. The van der Waals surface area contributed by atoms with Crippen LogP contribution in [0.3, 0.4) is 0 Å². The molecule has 15 nitrogen and oxygen atoms in total. The first-order chi connectivity index (χ1) is 36.6. The summed E-state index contributed by atoms with van der Waals surface area (Å²) in [6.07, 6.45) is 11.8. The first-order valence-electron chi connectivity index (χ1n) is 26.4. The summed E-state index contributed by atoms with van der Waals surface area (Å²) in [6, 6.07) is 31.3. The van der Waals surface area contributed by atoms with Gasteiger partial charge in [0.1, 0.15) is 35.1 Å². The number of benzene rings is 3. The van der Waals surface area contributed by atoms with Crippen molar-refractivity contribution < 1.29 is 73.8 Å². The van der Waals surface area contributed by atoms with E-state index >= 15 is 0 Å². The molecule has 0 radical (unpaired) electrons. The van der Waals surface area contributed by atoms with Gasteiger partial charge < -0.3 is 45.0 Å². The molecule has 3 aromatic heterocycles. The van der Waals surface area contributed by atoms with Crippen molar-refractivity contribution >= 4 is 30.7 Å². The summed E-state index contributed by atoms with van der Waals surface area (Å²) < 4.78 is 34.1. The fraction of sp³-hybridized carbons (Fsp3) is 0.419. The number of pyridine rings is 3. The minimum absolute atomic E-state index is 0.